The first-order valence-electron chi connectivity index (χ1n) is 6.12. The van der Waals surface area contributed by atoms with Gasteiger partial charge in [0, 0.05) is 18.1 Å². The molecule has 0 amide bonds. The fourth-order valence-electron chi connectivity index (χ4n) is 1.90. The maximum Gasteiger partial charge on any atom is 0.238 e. The number of hydrogen-bond acceptors (Lipinski definition) is 3. The van der Waals surface area contributed by atoms with Crippen LogP contribution in [0.5, 0.6) is 0 Å². The van der Waals surface area contributed by atoms with Crippen LogP contribution in [0.15, 0.2) is 47.4 Å². The molecule has 0 aliphatic rings. The largest absolute Gasteiger partial charge is 0.309 e. The van der Waals surface area contributed by atoms with Crippen molar-refractivity contribution in [3.05, 3.63) is 64.4 Å². The number of hydrogen-bond donors (Lipinski definition) is 2. The van der Waals surface area contributed by atoms with Crippen LogP contribution in [-0.4, -0.2) is 8.42 Å². The fraction of sp³-hybridized carbons (Fsp3) is 0.143. The van der Waals surface area contributed by atoms with Gasteiger partial charge in [-0.3, -0.25) is 0 Å². The predicted molar refractivity (Wildman–Crippen MR) is 79.8 cm³/mol. The van der Waals surface area contributed by atoms with Gasteiger partial charge >= 0.3 is 0 Å². The quantitative estimate of drug-likeness (QED) is 0.885. The van der Waals surface area contributed by atoms with E-state index in [0.29, 0.717) is 23.7 Å². The number of rotatable bonds is 5. The number of primary sulfonamides is 1. The molecule has 2 aromatic rings. The zero-order valence-corrected chi connectivity index (χ0v) is 12.6. The molecule has 0 fully saturated rings. The number of sulfonamides is 1. The zero-order valence-electron chi connectivity index (χ0n) is 11.0. The summed E-state index contributed by atoms with van der Waals surface area (Å²) in [6.45, 7) is 0.842. The van der Waals surface area contributed by atoms with Crippen molar-refractivity contribution < 1.29 is 12.8 Å². The van der Waals surface area contributed by atoms with E-state index >= 15 is 0 Å². The Labute approximate surface area is 127 Å². The molecular formula is C14H14ClFN2O2S. The smallest absolute Gasteiger partial charge is 0.238 e. The highest BCUT2D eigenvalue weighted by Crippen LogP contribution is 2.14. The van der Waals surface area contributed by atoms with Crippen molar-refractivity contribution in [3.63, 3.8) is 0 Å². The summed E-state index contributed by atoms with van der Waals surface area (Å²) >= 11 is 5.77. The lowest BCUT2D eigenvalue weighted by Gasteiger charge is -2.07. The van der Waals surface area contributed by atoms with Crippen LogP contribution in [0.25, 0.3) is 0 Å². The number of nitrogens with two attached hydrogens (primary N) is 1. The van der Waals surface area contributed by atoms with E-state index in [4.69, 9.17) is 16.7 Å². The molecule has 112 valence electrons. The molecule has 4 nitrogen and oxygen atoms in total. The summed E-state index contributed by atoms with van der Waals surface area (Å²) in [6, 6.07) is 10.6. The molecular weight excluding hydrogens is 315 g/mol. The Hall–Kier alpha value is -1.47. The van der Waals surface area contributed by atoms with Gasteiger partial charge in [0.25, 0.3) is 0 Å². The molecule has 3 N–H and O–H groups in total. The van der Waals surface area contributed by atoms with Gasteiger partial charge in [-0.1, -0.05) is 23.7 Å². The molecule has 2 rings (SSSR count). The average molecular weight is 329 g/mol. The first-order chi connectivity index (χ1) is 9.84. The molecule has 0 unspecified atom stereocenters. The van der Waals surface area contributed by atoms with Crippen molar-refractivity contribution in [3.8, 4) is 0 Å². The van der Waals surface area contributed by atoms with Gasteiger partial charge in [-0.15, -0.1) is 0 Å². The molecule has 2 aromatic carbocycles. The summed E-state index contributed by atoms with van der Waals surface area (Å²) in [5.74, 6) is -0.393. The van der Waals surface area contributed by atoms with Gasteiger partial charge in [-0.05, 0) is 41.5 Å². The second-order valence-electron chi connectivity index (χ2n) is 4.57. The monoisotopic (exact) mass is 328 g/mol. The summed E-state index contributed by atoms with van der Waals surface area (Å²) < 4.78 is 35.7. The second-order valence-corrected chi connectivity index (χ2v) is 6.57. The van der Waals surface area contributed by atoms with Crippen LogP contribution in [-0.2, 0) is 23.1 Å². The van der Waals surface area contributed by atoms with Crippen molar-refractivity contribution in [2.75, 3.05) is 0 Å². The molecule has 0 atom stereocenters. The van der Waals surface area contributed by atoms with Crippen molar-refractivity contribution in [1.82, 2.24) is 5.32 Å². The molecule has 7 heteroatoms. The van der Waals surface area contributed by atoms with Gasteiger partial charge in [-0.2, -0.15) is 0 Å². The summed E-state index contributed by atoms with van der Waals surface area (Å²) in [4.78, 5) is 0.0654. The Bertz CT molecular complexity index is 730. The van der Waals surface area contributed by atoms with Crippen molar-refractivity contribution in [2.45, 2.75) is 18.0 Å². The summed E-state index contributed by atoms with van der Waals surface area (Å²) in [7, 11) is -3.71. The minimum Gasteiger partial charge on any atom is -0.309 e. The lowest BCUT2D eigenvalue weighted by molar-refractivity contribution is 0.597. The number of benzene rings is 2. The van der Waals surface area contributed by atoms with E-state index in [0.717, 1.165) is 5.56 Å². The fourth-order valence-corrected chi connectivity index (χ4v) is 2.72. The Morgan fingerprint density at radius 3 is 2.48 bits per heavy atom. The van der Waals surface area contributed by atoms with E-state index in [1.165, 1.54) is 24.3 Å². The zero-order chi connectivity index (χ0) is 15.5. The Kier molecular flexibility index (Phi) is 4.95. The molecule has 0 radical (unpaired) electrons. The first-order valence-corrected chi connectivity index (χ1v) is 8.04. The maximum atomic E-state index is 13.2. The lowest BCUT2D eigenvalue weighted by Crippen LogP contribution is -2.15. The predicted octanol–water partition coefficient (Wildman–Crippen LogP) is 2.42. The van der Waals surface area contributed by atoms with Gasteiger partial charge in [0.05, 0.1) is 4.90 Å². The third kappa shape index (κ3) is 4.78. The Morgan fingerprint density at radius 2 is 1.81 bits per heavy atom. The third-order valence-corrected chi connectivity index (χ3v) is 3.94. The molecule has 0 saturated carbocycles. The highest BCUT2D eigenvalue weighted by atomic mass is 35.5. The first kappa shape index (κ1) is 15.9. The number of nitrogens with one attached hydrogen (secondary N) is 1. The van der Waals surface area contributed by atoms with E-state index in [1.54, 1.807) is 18.2 Å². The van der Waals surface area contributed by atoms with Crippen LogP contribution in [0.2, 0.25) is 5.02 Å². The molecule has 0 spiro atoms. The summed E-state index contributed by atoms with van der Waals surface area (Å²) in [5.41, 5.74) is 1.48. The van der Waals surface area contributed by atoms with Gasteiger partial charge in [0.1, 0.15) is 5.82 Å². The van der Waals surface area contributed by atoms with Crippen LogP contribution < -0.4 is 10.5 Å². The molecule has 0 aliphatic heterocycles. The maximum absolute atomic E-state index is 13.2. The molecule has 0 aromatic heterocycles. The topological polar surface area (TPSA) is 72.2 Å². The van der Waals surface area contributed by atoms with Crippen LogP contribution in [0.1, 0.15) is 11.1 Å². The minimum absolute atomic E-state index is 0.0654. The highest BCUT2D eigenvalue weighted by Gasteiger charge is 2.07. The van der Waals surface area contributed by atoms with E-state index < -0.39 is 15.8 Å². The second kappa shape index (κ2) is 6.53. The molecule has 21 heavy (non-hydrogen) atoms. The van der Waals surface area contributed by atoms with Crippen molar-refractivity contribution in [2.24, 2.45) is 5.14 Å². The Morgan fingerprint density at radius 1 is 1.10 bits per heavy atom. The van der Waals surface area contributed by atoms with Gasteiger partial charge in [0.15, 0.2) is 0 Å². The minimum atomic E-state index is -3.71. The average Bonchev–Trinajstić information content (AvgIpc) is 2.37. The van der Waals surface area contributed by atoms with Gasteiger partial charge in [0.2, 0.25) is 10.0 Å². The highest BCUT2D eigenvalue weighted by molar-refractivity contribution is 7.89. The Balaban J connectivity index is 2.00. The number of halogens is 2. The van der Waals surface area contributed by atoms with Crippen LogP contribution in [0, 0.1) is 5.82 Å². The van der Waals surface area contributed by atoms with Crippen LogP contribution in [0.4, 0.5) is 4.39 Å². The van der Waals surface area contributed by atoms with E-state index in [9.17, 15) is 12.8 Å². The summed E-state index contributed by atoms with van der Waals surface area (Å²) in [6.07, 6.45) is 0. The molecule has 0 aliphatic carbocycles. The molecule has 0 bridgehead atoms. The SMILES string of the molecule is NS(=O)(=O)c1cccc(CNCc2cc(F)cc(Cl)c2)c1. The molecule has 0 heterocycles. The lowest BCUT2D eigenvalue weighted by atomic mass is 10.2. The van der Waals surface area contributed by atoms with Gasteiger partial charge < -0.3 is 5.32 Å². The van der Waals surface area contributed by atoms with Crippen LogP contribution >= 0.6 is 11.6 Å². The van der Waals surface area contributed by atoms with Crippen molar-refractivity contribution >= 4 is 21.6 Å². The van der Waals surface area contributed by atoms with E-state index in [-0.39, 0.29) is 4.90 Å². The standard InChI is InChI=1S/C14H14ClFN2O2S/c15-12-4-11(5-13(16)7-12)9-18-8-10-2-1-3-14(6-10)21(17,19)20/h1-7,18H,8-9H2,(H2,17,19,20). The van der Waals surface area contributed by atoms with Gasteiger partial charge in [-0.25, -0.2) is 17.9 Å². The van der Waals surface area contributed by atoms with Crippen molar-refractivity contribution in [1.29, 1.82) is 0 Å². The van der Waals surface area contributed by atoms with E-state index in [1.807, 2.05) is 0 Å². The summed E-state index contributed by atoms with van der Waals surface area (Å²) in [5, 5.41) is 8.50. The molecule has 0 saturated heterocycles. The van der Waals surface area contributed by atoms with Crippen LogP contribution in [0.3, 0.4) is 0 Å². The van der Waals surface area contributed by atoms with E-state index in [2.05, 4.69) is 5.32 Å². The third-order valence-electron chi connectivity index (χ3n) is 2.81. The normalized spacial score (nSPS) is 11.6.